The maximum atomic E-state index is 11.6. The van der Waals surface area contributed by atoms with Crippen LogP contribution in [0.1, 0.15) is 30.3 Å². The van der Waals surface area contributed by atoms with Crippen molar-refractivity contribution in [1.82, 2.24) is 9.88 Å². The molecule has 1 aromatic heterocycles. The molecule has 2 saturated heterocycles. The molecule has 0 aliphatic carbocycles. The molecule has 1 unspecified atom stereocenters. The minimum absolute atomic E-state index is 0.0160. The molecule has 2 aliphatic rings. The highest BCUT2D eigenvalue weighted by Crippen LogP contribution is 2.25. The molecule has 0 spiro atoms. The largest absolute Gasteiger partial charge is 0.366 e. The smallest absolute Gasteiger partial charge is 0.223 e. The number of hydrogen-bond acceptors (Lipinski definition) is 4. The fraction of sp³-hybridized carbons (Fsp3) is 0.500. The van der Waals surface area contributed by atoms with Crippen LogP contribution in [0.25, 0.3) is 0 Å². The van der Waals surface area contributed by atoms with Crippen LogP contribution in [0, 0.1) is 0 Å². The summed E-state index contributed by atoms with van der Waals surface area (Å²) in [5.74, 6) is 0.271. The second-order valence-electron chi connectivity index (χ2n) is 5.18. The number of pyridine rings is 1. The zero-order chi connectivity index (χ0) is 13.4. The molecule has 1 amide bonds. The first-order valence-electron chi connectivity index (χ1n) is 6.66. The van der Waals surface area contributed by atoms with Crippen molar-refractivity contribution in [2.45, 2.75) is 25.8 Å². The van der Waals surface area contributed by atoms with Gasteiger partial charge in [-0.25, -0.2) is 0 Å². The molecular formula is C14H17N3O2. The lowest BCUT2D eigenvalue weighted by molar-refractivity contribution is -0.129. The van der Waals surface area contributed by atoms with E-state index in [-0.39, 0.29) is 11.7 Å². The Morgan fingerprint density at radius 1 is 1.37 bits per heavy atom. The van der Waals surface area contributed by atoms with E-state index < -0.39 is 0 Å². The molecule has 0 aromatic carbocycles. The topological polar surface area (TPSA) is 53.5 Å². The third-order valence-corrected chi connectivity index (χ3v) is 3.97. The van der Waals surface area contributed by atoms with Crippen LogP contribution in [0.2, 0.25) is 0 Å². The van der Waals surface area contributed by atoms with Crippen LogP contribution in [0.15, 0.2) is 18.3 Å². The van der Waals surface area contributed by atoms with Gasteiger partial charge in [-0.1, -0.05) is 0 Å². The fourth-order valence-corrected chi connectivity index (χ4v) is 2.88. The van der Waals surface area contributed by atoms with E-state index in [2.05, 4.69) is 9.88 Å². The van der Waals surface area contributed by atoms with E-state index in [0.717, 1.165) is 31.7 Å². The van der Waals surface area contributed by atoms with Crippen LogP contribution in [0.5, 0.6) is 0 Å². The number of piperazine rings is 1. The molecular weight excluding hydrogens is 242 g/mol. The molecule has 0 N–H and O–H groups in total. The molecule has 5 heteroatoms. The summed E-state index contributed by atoms with van der Waals surface area (Å²) >= 11 is 0. The number of rotatable bonds is 2. The number of anilines is 1. The molecule has 2 fully saturated rings. The molecule has 0 bridgehead atoms. The van der Waals surface area contributed by atoms with Crippen molar-refractivity contribution in [2.24, 2.45) is 0 Å². The second kappa shape index (κ2) is 4.64. The average molecular weight is 259 g/mol. The quantitative estimate of drug-likeness (QED) is 0.746. The zero-order valence-corrected chi connectivity index (χ0v) is 11.0. The monoisotopic (exact) mass is 259 g/mol. The van der Waals surface area contributed by atoms with E-state index in [1.54, 1.807) is 12.3 Å². The molecule has 2 aliphatic heterocycles. The van der Waals surface area contributed by atoms with Gasteiger partial charge in [-0.05, 0) is 18.6 Å². The Balaban J connectivity index is 1.73. The van der Waals surface area contributed by atoms with Crippen LogP contribution in [0.3, 0.4) is 0 Å². The number of amides is 1. The van der Waals surface area contributed by atoms with Crippen LogP contribution >= 0.6 is 0 Å². The number of nitrogens with zero attached hydrogens (tertiary/aromatic N) is 3. The molecule has 1 atom stereocenters. The van der Waals surface area contributed by atoms with Crippen molar-refractivity contribution >= 4 is 17.4 Å². The molecule has 3 rings (SSSR count). The number of hydrogen-bond donors (Lipinski definition) is 0. The van der Waals surface area contributed by atoms with Gasteiger partial charge in [0.25, 0.3) is 0 Å². The van der Waals surface area contributed by atoms with E-state index in [1.807, 2.05) is 11.0 Å². The molecule has 1 aromatic rings. The summed E-state index contributed by atoms with van der Waals surface area (Å²) in [6, 6.07) is 4.05. The molecule has 5 nitrogen and oxygen atoms in total. The van der Waals surface area contributed by atoms with Gasteiger partial charge in [-0.15, -0.1) is 0 Å². The summed E-state index contributed by atoms with van der Waals surface area (Å²) in [6.07, 6.45) is 3.39. The van der Waals surface area contributed by atoms with Crippen LogP contribution in [0.4, 0.5) is 5.69 Å². The van der Waals surface area contributed by atoms with Gasteiger partial charge in [0.1, 0.15) is 5.69 Å². The molecule has 0 radical (unpaired) electrons. The summed E-state index contributed by atoms with van der Waals surface area (Å²) in [6.45, 7) is 4.01. The number of ketones is 1. The Morgan fingerprint density at radius 3 is 2.89 bits per heavy atom. The fourth-order valence-electron chi connectivity index (χ4n) is 2.88. The molecule has 0 saturated carbocycles. The van der Waals surface area contributed by atoms with Crippen LogP contribution in [-0.2, 0) is 4.79 Å². The normalized spacial score (nSPS) is 22.6. The number of aromatic nitrogens is 1. The van der Waals surface area contributed by atoms with Gasteiger partial charge >= 0.3 is 0 Å². The van der Waals surface area contributed by atoms with Gasteiger partial charge in [-0.3, -0.25) is 14.6 Å². The second-order valence-corrected chi connectivity index (χ2v) is 5.18. The van der Waals surface area contributed by atoms with Gasteiger partial charge in [-0.2, -0.15) is 0 Å². The van der Waals surface area contributed by atoms with Gasteiger partial charge < -0.3 is 9.80 Å². The van der Waals surface area contributed by atoms with Gasteiger partial charge in [0.05, 0.1) is 11.9 Å². The zero-order valence-electron chi connectivity index (χ0n) is 11.0. The lowest BCUT2D eigenvalue weighted by atomic mass is 10.1. The van der Waals surface area contributed by atoms with E-state index in [9.17, 15) is 9.59 Å². The SMILES string of the molecule is CC(=O)c1ccc(N2CCN3C(=O)CCC3C2)cn1. The summed E-state index contributed by atoms with van der Waals surface area (Å²) in [5.41, 5.74) is 1.53. The van der Waals surface area contributed by atoms with E-state index >= 15 is 0 Å². The maximum absolute atomic E-state index is 11.6. The van der Waals surface area contributed by atoms with Crippen molar-refractivity contribution in [3.05, 3.63) is 24.0 Å². The van der Waals surface area contributed by atoms with Gasteiger partial charge in [0, 0.05) is 39.0 Å². The minimum atomic E-state index is -0.0160. The third kappa shape index (κ3) is 2.20. The first-order chi connectivity index (χ1) is 9.15. The summed E-state index contributed by atoms with van der Waals surface area (Å²) in [4.78, 5) is 31.3. The van der Waals surface area contributed by atoms with Crippen molar-refractivity contribution in [3.8, 4) is 0 Å². The van der Waals surface area contributed by atoms with Crippen LogP contribution < -0.4 is 4.90 Å². The average Bonchev–Trinajstić information content (AvgIpc) is 2.80. The Hall–Kier alpha value is -1.91. The van der Waals surface area contributed by atoms with Crippen molar-refractivity contribution < 1.29 is 9.59 Å². The Labute approximate surface area is 112 Å². The first-order valence-corrected chi connectivity index (χ1v) is 6.66. The maximum Gasteiger partial charge on any atom is 0.223 e. The summed E-state index contributed by atoms with van der Waals surface area (Å²) in [5, 5.41) is 0. The Kier molecular flexibility index (Phi) is 2.97. The first kappa shape index (κ1) is 12.1. The summed E-state index contributed by atoms with van der Waals surface area (Å²) < 4.78 is 0. The Morgan fingerprint density at radius 2 is 2.21 bits per heavy atom. The molecule has 100 valence electrons. The third-order valence-electron chi connectivity index (χ3n) is 3.97. The lowest BCUT2D eigenvalue weighted by Gasteiger charge is -2.38. The lowest BCUT2D eigenvalue weighted by Crippen LogP contribution is -2.51. The number of fused-ring (bicyclic) bond motifs is 1. The minimum Gasteiger partial charge on any atom is -0.366 e. The molecule has 19 heavy (non-hydrogen) atoms. The standard InChI is InChI=1S/C14H17N3O2/c1-10(18)13-4-2-11(8-15-13)16-6-7-17-12(9-16)3-5-14(17)19/h2,4,8,12H,3,5-7,9H2,1H3. The highest BCUT2D eigenvalue weighted by atomic mass is 16.2. The van der Waals surface area contributed by atoms with Crippen molar-refractivity contribution in [3.63, 3.8) is 0 Å². The van der Waals surface area contributed by atoms with Gasteiger partial charge in [0.15, 0.2) is 5.78 Å². The number of carbonyl (C=O) groups excluding carboxylic acids is 2. The number of Topliss-reactive ketones (excluding diaryl/α,β-unsaturated/α-hetero) is 1. The predicted molar refractivity (Wildman–Crippen MR) is 71.2 cm³/mol. The number of carbonyl (C=O) groups is 2. The van der Waals surface area contributed by atoms with Crippen molar-refractivity contribution in [1.29, 1.82) is 0 Å². The highest BCUT2D eigenvalue weighted by molar-refractivity contribution is 5.92. The predicted octanol–water partition coefficient (Wildman–Crippen LogP) is 1.10. The van der Waals surface area contributed by atoms with Crippen molar-refractivity contribution in [2.75, 3.05) is 24.5 Å². The van der Waals surface area contributed by atoms with E-state index in [4.69, 9.17) is 0 Å². The van der Waals surface area contributed by atoms with Gasteiger partial charge in [0.2, 0.25) is 5.91 Å². The van der Waals surface area contributed by atoms with E-state index in [1.165, 1.54) is 6.92 Å². The highest BCUT2D eigenvalue weighted by Gasteiger charge is 2.35. The van der Waals surface area contributed by atoms with E-state index in [0.29, 0.717) is 18.2 Å². The Bertz CT molecular complexity index is 512. The summed E-state index contributed by atoms with van der Waals surface area (Å²) in [7, 11) is 0. The van der Waals surface area contributed by atoms with Crippen LogP contribution in [-0.4, -0.2) is 47.3 Å². The molecule has 3 heterocycles.